The van der Waals surface area contributed by atoms with Crippen molar-refractivity contribution in [3.63, 3.8) is 0 Å². The molecule has 0 saturated carbocycles. The average molecular weight is 296 g/mol. The Hall–Kier alpha value is -2.95. The second-order valence-electron chi connectivity index (χ2n) is 4.88. The van der Waals surface area contributed by atoms with Crippen LogP contribution in [0.25, 0.3) is 11.3 Å². The van der Waals surface area contributed by atoms with E-state index in [2.05, 4.69) is 10.5 Å². The minimum absolute atomic E-state index is 0.0267. The minimum Gasteiger partial charge on any atom is -0.350 e. The second-order valence-corrected chi connectivity index (χ2v) is 4.88. The van der Waals surface area contributed by atoms with E-state index in [9.17, 15) is 9.18 Å². The number of hydrogen-bond acceptors (Lipinski definition) is 3. The van der Waals surface area contributed by atoms with Gasteiger partial charge in [-0.15, -0.1) is 0 Å². The van der Waals surface area contributed by atoms with Crippen LogP contribution in [0.2, 0.25) is 0 Å². The standard InChI is InChI=1S/C17H13FN2O2/c1-11-7-8-14(13(18)9-11)19-17(21)16-10-15(20-22-16)12-5-3-2-4-6-12/h2-10H,1H3,(H,19,21). The fourth-order valence-electron chi connectivity index (χ4n) is 2.03. The van der Waals surface area contributed by atoms with Gasteiger partial charge in [-0.25, -0.2) is 4.39 Å². The van der Waals surface area contributed by atoms with Gasteiger partial charge in [-0.05, 0) is 24.6 Å². The lowest BCUT2D eigenvalue weighted by atomic mass is 10.1. The van der Waals surface area contributed by atoms with E-state index < -0.39 is 11.7 Å². The molecule has 1 aromatic heterocycles. The van der Waals surface area contributed by atoms with Gasteiger partial charge in [-0.3, -0.25) is 4.79 Å². The van der Waals surface area contributed by atoms with Gasteiger partial charge in [0.05, 0.1) is 5.69 Å². The summed E-state index contributed by atoms with van der Waals surface area (Å²) in [6, 6.07) is 15.4. The highest BCUT2D eigenvalue weighted by Crippen LogP contribution is 2.20. The van der Waals surface area contributed by atoms with Crippen molar-refractivity contribution in [3.8, 4) is 11.3 Å². The molecule has 4 nitrogen and oxygen atoms in total. The first kappa shape index (κ1) is 14.0. The number of anilines is 1. The summed E-state index contributed by atoms with van der Waals surface area (Å²) in [7, 11) is 0. The van der Waals surface area contributed by atoms with Crippen molar-refractivity contribution < 1.29 is 13.7 Å². The van der Waals surface area contributed by atoms with Gasteiger partial charge in [-0.1, -0.05) is 41.6 Å². The second kappa shape index (κ2) is 5.81. The van der Waals surface area contributed by atoms with Crippen LogP contribution >= 0.6 is 0 Å². The van der Waals surface area contributed by atoms with Crippen LogP contribution < -0.4 is 5.32 Å². The van der Waals surface area contributed by atoms with Crippen LogP contribution in [0.5, 0.6) is 0 Å². The van der Waals surface area contributed by atoms with Gasteiger partial charge in [0, 0.05) is 11.6 Å². The maximum atomic E-state index is 13.7. The Balaban J connectivity index is 1.80. The average Bonchev–Trinajstić information content (AvgIpc) is 3.01. The molecule has 1 N–H and O–H groups in total. The van der Waals surface area contributed by atoms with Gasteiger partial charge < -0.3 is 9.84 Å². The molecule has 0 atom stereocenters. The Morgan fingerprint density at radius 1 is 1.14 bits per heavy atom. The minimum atomic E-state index is -0.544. The highest BCUT2D eigenvalue weighted by Gasteiger charge is 2.15. The molecule has 1 amide bonds. The molecule has 3 rings (SSSR count). The summed E-state index contributed by atoms with van der Waals surface area (Å²) in [5.74, 6) is -1.01. The van der Waals surface area contributed by atoms with Gasteiger partial charge in [-0.2, -0.15) is 0 Å². The summed E-state index contributed by atoms with van der Waals surface area (Å²) in [6.45, 7) is 1.78. The molecule has 0 fully saturated rings. The van der Waals surface area contributed by atoms with E-state index >= 15 is 0 Å². The number of aromatic nitrogens is 1. The number of carbonyl (C=O) groups is 1. The Morgan fingerprint density at radius 2 is 1.91 bits per heavy atom. The van der Waals surface area contributed by atoms with Crippen molar-refractivity contribution in [2.75, 3.05) is 5.32 Å². The monoisotopic (exact) mass is 296 g/mol. The van der Waals surface area contributed by atoms with Crippen LogP contribution in [-0.2, 0) is 0 Å². The third-order valence-electron chi connectivity index (χ3n) is 3.18. The summed E-state index contributed by atoms with van der Waals surface area (Å²) in [5, 5.41) is 6.33. The molecule has 5 heteroatoms. The number of nitrogens with zero attached hydrogens (tertiary/aromatic N) is 1. The SMILES string of the molecule is Cc1ccc(NC(=O)c2cc(-c3ccccc3)no2)c(F)c1. The summed E-state index contributed by atoms with van der Waals surface area (Å²) in [5.41, 5.74) is 2.27. The van der Waals surface area contributed by atoms with E-state index in [4.69, 9.17) is 4.52 Å². The van der Waals surface area contributed by atoms with Gasteiger partial charge in [0.15, 0.2) is 0 Å². The molecule has 3 aromatic rings. The molecule has 1 heterocycles. The molecular formula is C17H13FN2O2. The van der Waals surface area contributed by atoms with Crippen molar-refractivity contribution in [3.05, 3.63) is 71.7 Å². The number of halogens is 1. The quantitative estimate of drug-likeness (QED) is 0.793. The summed E-state index contributed by atoms with van der Waals surface area (Å²) < 4.78 is 18.8. The van der Waals surface area contributed by atoms with Crippen LogP contribution in [0.3, 0.4) is 0 Å². The molecule has 0 aliphatic rings. The Labute approximate surface area is 126 Å². The van der Waals surface area contributed by atoms with E-state index in [1.165, 1.54) is 18.2 Å². The predicted molar refractivity (Wildman–Crippen MR) is 81.0 cm³/mol. The number of rotatable bonds is 3. The van der Waals surface area contributed by atoms with Crippen molar-refractivity contribution in [2.45, 2.75) is 6.92 Å². The molecule has 0 bridgehead atoms. The lowest BCUT2D eigenvalue weighted by Gasteiger charge is -2.04. The van der Waals surface area contributed by atoms with Gasteiger partial charge >= 0.3 is 0 Å². The Morgan fingerprint density at radius 3 is 2.64 bits per heavy atom. The first-order chi connectivity index (χ1) is 10.6. The van der Waals surface area contributed by atoms with Crippen LogP contribution in [0.15, 0.2) is 59.1 Å². The van der Waals surface area contributed by atoms with Gasteiger partial charge in [0.2, 0.25) is 5.76 Å². The van der Waals surface area contributed by atoms with Crippen LogP contribution in [0.4, 0.5) is 10.1 Å². The fourth-order valence-corrected chi connectivity index (χ4v) is 2.03. The number of amides is 1. The highest BCUT2D eigenvalue weighted by atomic mass is 19.1. The number of aryl methyl sites for hydroxylation is 1. The third kappa shape index (κ3) is 2.88. The molecule has 0 saturated heterocycles. The third-order valence-corrected chi connectivity index (χ3v) is 3.18. The fraction of sp³-hybridized carbons (Fsp3) is 0.0588. The molecule has 0 radical (unpaired) electrons. The molecule has 0 spiro atoms. The number of hydrogen-bond donors (Lipinski definition) is 1. The molecule has 0 unspecified atom stereocenters. The first-order valence-corrected chi connectivity index (χ1v) is 6.73. The Kier molecular flexibility index (Phi) is 3.70. The highest BCUT2D eigenvalue weighted by molar-refractivity contribution is 6.02. The van der Waals surface area contributed by atoms with Crippen molar-refractivity contribution in [1.82, 2.24) is 5.16 Å². The summed E-state index contributed by atoms with van der Waals surface area (Å²) >= 11 is 0. The van der Waals surface area contributed by atoms with Crippen LogP contribution in [0.1, 0.15) is 16.1 Å². The number of nitrogens with one attached hydrogen (secondary N) is 1. The molecule has 2 aromatic carbocycles. The molecular weight excluding hydrogens is 283 g/mol. The topological polar surface area (TPSA) is 55.1 Å². The lowest BCUT2D eigenvalue weighted by Crippen LogP contribution is -2.12. The predicted octanol–water partition coefficient (Wildman–Crippen LogP) is 4.04. The maximum absolute atomic E-state index is 13.7. The normalized spacial score (nSPS) is 10.5. The smallest absolute Gasteiger partial charge is 0.294 e. The zero-order valence-corrected chi connectivity index (χ0v) is 11.8. The Bertz CT molecular complexity index is 813. The summed E-state index contributed by atoms with van der Waals surface area (Å²) in [6.07, 6.45) is 0. The summed E-state index contributed by atoms with van der Waals surface area (Å²) in [4.78, 5) is 12.1. The zero-order chi connectivity index (χ0) is 15.5. The van der Waals surface area contributed by atoms with Gasteiger partial charge in [0.1, 0.15) is 11.5 Å². The van der Waals surface area contributed by atoms with Crippen molar-refractivity contribution in [1.29, 1.82) is 0 Å². The van der Waals surface area contributed by atoms with Crippen LogP contribution in [-0.4, -0.2) is 11.1 Å². The molecule has 22 heavy (non-hydrogen) atoms. The lowest BCUT2D eigenvalue weighted by molar-refractivity contribution is 0.0987. The molecule has 110 valence electrons. The number of carbonyl (C=O) groups excluding carboxylic acids is 1. The largest absolute Gasteiger partial charge is 0.350 e. The van der Waals surface area contributed by atoms with E-state index in [-0.39, 0.29) is 11.4 Å². The first-order valence-electron chi connectivity index (χ1n) is 6.73. The maximum Gasteiger partial charge on any atom is 0.294 e. The van der Waals surface area contributed by atoms with E-state index in [1.54, 1.807) is 13.0 Å². The van der Waals surface area contributed by atoms with Crippen molar-refractivity contribution >= 4 is 11.6 Å². The van der Waals surface area contributed by atoms with E-state index in [0.717, 1.165) is 11.1 Å². The van der Waals surface area contributed by atoms with Crippen molar-refractivity contribution in [2.24, 2.45) is 0 Å². The zero-order valence-electron chi connectivity index (χ0n) is 11.8. The molecule has 0 aliphatic heterocycles. The van der Waals surface area contributed by atoms with Crippen LogP contribution in [0, 0.1) is 12.7 Å². The van der Waals surface area contributed by atoms with E-state index in [0.29, 0.717) is 5.69 Å². The van der Waals surface area contributed by atoms with E-state index in [1.807, 2.05) is 30.3 Å². The number of benzene rings is 2. The molecule has 0 aliphatic carbocycles. The van der Waals surface area contributed by atoms with Gasteiger partial charge in [0.25, 0.3) is 5.91 Å².